The minimum atomic E-state index is -0.183. The molecule has 148 valence electrons. The Morgan fingerprint density at radius 1 is 1.21 bits per heavy atom. The number of piperidine rings is 1. The fourth-order valence-electron chi connectivity index (χ4n) is 3.49. The molecule has 4 nitrogen and oxygen atoms in total. The monoisotopic (exact) mass is 506 g/mol. The number of amides is 1. The van der Waals surface area contributed by atoms with E-state index in [4.69, 9.17) is 4.74 Å². The van der Waals surface area contributed by atoms with Gasteiger partial charge in [0.25, 0.3) is 0 Å². The van der Waals surface area contributed by atoms with E-state index >= 15 is 0 Å². The van der Waals surface area contributed by atoms with Gasteiger partial charge in [-0.05, 0) is 84.6 Å². The van der Waals surface area contributed by atoms with Crippen LogP contribution in [0.1, 0.15) is 31.7 Å². The van der Waals surface area contributed by atoms with Crippen molar-refractivity contribution in [2.45, 2.75) is 32.2 Å². The lowest BCUT2D eigenvalue weighted by atomic mass is 10.0. The third-order valence-corrected chi connectivity index (χ3v) is 5.97. The van der Waals surface area contributed by atoms with E-state index in [0.29, 0.717) is 11.8 Å². The second-order valence-corrected chi connectivity index (χ2v) is 8.69. The number of hydrogen-bond donors (Lipinski definition) is 1. The molecule has 1 fully saturated rings. The number of benzene rings is 2. The van der Waals surface area contributed by atoms with Crippen LogP contribution in [-0.2, 0) is 4.79 Å². The predicted octanol–water partition coefficient (Wildman–Crippen LogP) is 6.25. The molecule has 1 N–H and O–H groups in total. The minimum Gasteiger partial charge on any atom is -0.495 e. The van der Waals surface area contributed by atoms with Gasteiger partial charge in [-0.3, -0.25) is 4.79 Å². The van der Waals surface area contributed by atoms with E-state index < -0.39 is 0 Å². The number of methoxy groups -OCH3 is 1. The van der Waals surface area contributed by atoms with Crippen molar-refractivity contribution in [3.63, 3.8) is 0 Å². The Morgan fingerprint density at radius 3 is 2.64 bits per heavy atom. The van der Waals surface area contributed by atoms with Gasteiger partial charge in [0, 0.05) is 40.1 Å². The second-order valence-electron chi connectivity index (χ2n) is 6.92. The summed E-state index contributed by atoms with van der Waals surface area (Å²) in [6, 6.07) is 12.4. The maximum Gasteiger partial charge on any atom is 0.248 e. The molecule has 1 amide bonds. The summed E-state index contributed by atoms with van der Waals surface area (Å²) in [7, 11) is 1.61. The lowest BCUT2D eigenvalue weighted by molar-refractivity contribution is -0.111. The fraction of sp³-hybridized carbons (Fsp3) is 0.318. The zero-order valence-corrected chi connectivity index (χ0v) is 19.2. The van der Waals surface area contributed by atoms with Crippen LogP contribution in [0, 0.1) is 0 Å². The minimum absolute atomic E-state index is 0.183. The molecular formula is C22H24Br2N2O2. The summed E-state index contributed by atoms with van der Waals surface area (Å²) in [5.41, 5.74) is 2.81. The molecule has 0 aromatic heterocycles. The van der Waals surface area contributed by atoms with Gasteiger partial charge in [0.1, 0.15) is 5.75 Å². The van der Waals surface area contributed by atoms with Crippen molar-refractivity contribution in [1.29, 1.82) is 0 Å². The highest BCUT2D eigenvalue weighted by molar-refractivity contribution is 9.11. The van der Waals surface area contributed by atoms with Crippen LogP contribution in [0.4, 0.5) is 11.4 Å². The molecule has 0 spiro atoms. The first kappa shape index (κ1) is 20.9. The number of rotatable bonds is 5. The van der Waals surface area contributed by atoms with E-state index in [9.17, 15) is 4.79 Å². The summed E-state index contributed by atoms with van der Waals surface area (Å²) in [5.74, 6) is 0.504. The number of halogens is 2. The van der Waals surface area contributed by atoms with Crippen molar-refractivity contribution in [2.75, 3.05) is 23.9 Å². The van der Waals surface area contributed by atoms with E-state index in [2.05, 4.69) is 61.1 Å². The van der Waals surface area contributed by atoms with Crippen LogP contribution in [0.3, 0.4) is 0 Å². The van der Waals surface area contributed by atoms with Crippen molar-refractivity contribution in [3.8, 4) is 5.75 Å². The zero-order chi connectivity index (χ0) is 20.1. The smallest absolute Gasteiger partial charge is 0.248 e. The van der Waals surface area contributed by atoms with Gasteiger partial charge >= 0.3 is 0 Å². The van der Waals surface area contributed by atoms with Gasteiger partial charge in [0.15, 0.2) is 0 Å². The number of nitrogens with zero attached hydrogens (tertiary/aromatic N) is 1. The topological polar surface area (TPSA) is 41.6 Å². The molecule has 6 heteroatoms. The lowest BCUT2D eigenvalue weighted by Crippen LogP contribution is -2.37. The molecule has 0 radical (unpaired) electrons. The number of carbonyl (C=O) groups excluding carboxylic acids is 1. The number of ether oxygens (including phenoxy) is 1. The Kier molecular flexibility index (Phi) is 7.18. The van der Waals surface area contributed by atoms with Crippen LogP contribution < -0.4 is 15.0 Å². The summed E-state index contributed by atoms with van der Waals surface area (Å²) in [4.78, 5) is 14.8. The Balaban J connectivity index is 1.66. The van der Waals surface area contributed by atoms with E-state index in [1.54, 1.807) is 13.2 Å². The third-order valence-electron chi connectivity index (χ3n) is 4.92. The maximum atomic E-state index is 12.3. The molecule has 0 bridgehead atoms. The van der Waals surface area contributed by atoms with Crippen LogP contribution in [-0.4, -0.2) is 25.6 Å². The standard InChI is InChI=1S/C22H24Br2N2O2/c1-15-5-3-4-12-26(15)19-9-7-18(8-10-19)25-21(27)11-6-16-13-17(23)14-20(24)22(16)28-2/h6-11,13-15H,3-5,12H2,1-2H3,(H,25,27)/b11-6+/t15-/m1/s1. The van der Waals surface area contributed by atoms with Crippen LogP contribution in [0.25, 0.3) is 6.08 Å². The van der Waals surface area contributed by atoms with Gasteiger partial charge < -0.3 is 15.0 Å². The van der Waals surface area contributed by atoms with Crippen molar-refractivity contribution < 1.29 is 9.53 Å². The van der Waals surface area contributed by atoms with E-state index in [0.717, 1.165) is 26.7 Å². The van der Waals surface area contributed by atoms with Crippen LogP contribution in [0.2, 0.25) is 0 Å². The molecule has 0 saturated carbocycles. The number of anilines is 2. The van der Waals surface area contributed by atoms with E-state index in [1.165, 1.54) is 31.0 Å². The quantitative estimate of drug-likeness (QED) is 0.486. The lowest BCUT2D eigenvalue weighted by Gasteiger charge is -2.35. The molecule has 1 aliphatic rings. The van der Waals surface area contributed by atoms with Crippen molar-refractivity contribution in [1.82, 2.24) is 0 Å². The summed E-state index contributed by atoms with van der Waals surface area (Å²) >= 11 is 6.93. The average Bonchev–Trinajstić information content (AvgIpc) is 2.67. The van der Waals surface area contributed by atoms with Gasteiger partial charge in [-0.1, -0.05) is 15.9 Å². The first-order valence-corrected chi connectivity index (χ1v) is 11.0. The Morgan fingerprint density at radius 2 is 1.96 bits per heavy atom. The third kappa shape index (κ3) is 5.17. The molecule has 0 unspecified atom stereocenters. The maximum absolute atomic E-state index is 12.3. The Labute approximate surface area is 183 Å². The molecule has 1 aliphatic heterocycles. The average molecular weight is 508 g/mol. The SMILES string of the molecule is COc1c(Br)cc(Br)cc1/C=C/C(=O)Nc1ccc(N2CCCC[C@H]2C)cc1. The van der Waals surface area contributed by atoms with Gasteiger partial charge in [0.05, 0.1) is 11.6 Å². The molecular weight excluding hydrogens is 484 g/mol. The van der Waals surface area contributed by atoms with Crippen molar-refractivity contribution in [3.05, 3.63) is 57.0 Å². The molecule has 1 atom stereocenters. The summed E-state index contributed by atoms with van der Waals surface area (Å²) in [6.07, 6.45) is 7.03. The first-order chi connectivity index (χ1) is 13.5. The molecule has 1 heterocycles. The summed E-state index contributed by atoms with van der Waals surface area (Å²) in [5, 5.41) is 2.91. The Hall–Kier alpha value is -1.79. The molecule has 28 heavy (non-hydrogen) atoms. The predicted molar refractivity (Wildman–Crippen MR) is 123 cm³/mol. The van der Waals surface area contributed by atoms with Crippen LogP contribution in [0.15, 0.2) is 51.4 Å². The second kappa shape index (κ2) is 9.61. The molecule has 1 saturated heterocycles. The number of nitrogens with one attached hydrogen (secondary N) is 1. The van der Waals surface area contributed by atoms with Crippen molar-refractivity contribution in [2.24, 2.45) is 0 Å². The van der Waals surface area contributed by atoms with Crippen LogP contribution >= 0.6 is 31.9 Å². The highest BCUT2D eigenvalue weighted by atomic mass is 79.9. The molecule has 2 aromatic rings. The Bertz CT molecular complexity index is 866. The summed E-state index contributed by atoms with van der Waals surface area (Å²) < 4.78 is 7.14. The number of carbonyl (C=O) groups is 1. The van der Waals surface area contributed by atoms with Gasteiger partial charge in [-0.2, -0.15) is 0 Å². The highest BCUT2D eigenvalue weighted by Gasteiger charge is 2.18. The van der Waals surface area contributed by atoms with Crippen molar-refractivity contribution >= 4 is 55.2 Å². The van der Waals surface area contributed by atoms with E-state index in [-0.39, 0.29) is 5.91 Å². The van der Waals surface area contributed by atoms with Gasteiger partial charge in [-0.15, -0.1) is 0 Å². The zero-order valence-electron chi connectivity index (χ0n) is 16.0. The normalized spacial score (nSPS) is 17.0. The largest absolute Gasteiger partial charge is 0.495 e. The fourth-order valence-corrected chi connectivity index (χ4v) is 4.91. The summed E-state index contributed by atoms with van der Waals surface area (Å²) in [6.45, 7) is 3.37. The van der Waals surface area contributed by atoms with E-state index in [1.807, 2.05) is 24.3 Å². The molecule has 2 aromatic carbocycles. The molecule has 3 rings (SSSR count). The highest BCUT2D eigenvalue weighted by Crippen LogP contribution is 2.33. The number of hydrogen-bond acceptors (Lipinski definition) is 3. The molecule has 0 aliphatic carbocycles. The van der Waals surface area contributed by atoms with Gasteiger partial charge in [-0.25, -0.2) is 0 Å². The first-order valence-electron chi connectivity index (χ1n) is 9.36. The van der Waals surface area contributed by atoms with Gasteiger partial charge in [0.2, 0.25) is 5.91 Å². The van der Waals surface area contributed by atoms with Crippen LogP contribution in [0.5, 0.6) is 5.75 Å².